The first kappa shape index (κ1) is 10.9. The van der Waals surface area contributed by atoms with Crippen molar-refractivity contribution >= 4 is 0 Å². The molecule has 2 unspecified atom stereocenters. The van der Waals surface area contributed by atoms with E-state index in [-0.39, 0.29) is 6.10 Å². The van der Waals surface area contributed by atoms with Crippen LogP contribution in [0.5, 0.6) is 0 Å². The number of nitrogens with zero attached hydrogens (tertiary/aromatic N) is 1. The second kappa shape index (κ2) is 5.56. The van der Waals surface area contributed by atoms with Gasteiger partial charge in [-0.1, -0.05) is 20.8 Å². The van der Waals surface area contributed by atoms with E-state index < -0.39 is 0 Å². The third kappa shape index (κ3) is 4.38. The van der Waals surface area contributed by atoms with E-state index in [1.165, 1.54) is 0 Å². The van der Waals surface area contributed by atoms with Crippen LogP contribution in [0.15, 0.2) is 0 Å². The molecule has 0 bridgehead atoms. The lowest BCUT2D eigenvalue weighted by atomic mass is 10.1. The number of hydrogen-bond donors (Lipinski definition) is 1. The average Bonchev–Trinajstić information content (AvgIpc) is 1.99. The molecule has 0 amide bonds. The lowest BCUT2D eigenvalue weighted by Crippen LogP contribution is -2.32. The summed E-state index contributed by atoms with van der Waals surface area (Å²) in [6, 6.07) is 0. The summed E-state index contributed by atoms with van der Waals surface area (Å²) in [6.45, 7) is 11.4. The van der Waals surface area contributed by atoms with Crippen LogP contribution in [0, 0.1) is 5.92 Å². The predicted molar refractivity (Wildman–Crippen MR) is 48.6 cm³/mol. The van der Waals surface area contributed by atoms with Crippen LogP contribution in [-0.2, 0) is 0 Å². The Balaban J connectivity index is 3.62. The third-order valence-electron chi connectivity index (χ3n) is 2.26. The molecule has 0 aromatic rings. The molecule has 0 radical (unpaired) electrons. The molecule has 0 saturated carbocycles. The first-order valence-corrected chi connectivity index (χ1v) is 4.52. The van der Waals surface area contributed by atoms with Gasteiger partial charge in [0.05, 0.1) is 6.10 Å². The van der Waals surface area contributed by atoms with Gasteiger partial charge in [0.25, 0.3) is 0 Å². The Labute approximate surface area is 70.2 Å². The first-order chi connectivity index (χ1) is 5.11. The van der Waals surface area contributed by atoms with Crippen LogP contribution in [0.2, 0.25) is 0 Å². The molecule has 0 saturated heterocycles. The first-order valence-electron chi connectivity index (χ1n) is 4.52. The van der Waals surface area contributed by atoms with Gasteiger partial charge in [-0.15, -0.1) is 0 Å². The van der Waals surface area contributed by atoms with Crippen LogP contribution < -0.4 is 0 Å². The van der Waals surface area contributed by atoms with Crippen LogP contribution in [-0.4, -0.2) is 35.7 Å². The number of rotatable bonds is 5. The molecule has 0 aliphatic carbocycles. The zero-order valence-corrected chi connectivity index (χ0v) is 8.17. The largest absolute Gasteiger partial charge is 0.393 e. The van der Waals surface area contributed by atoms with Gasteiger partial charge in [-0.2, -0.15) is 0 Å². The summed E-state index contributed by atoms with van der Waals surface area (Å²) in [6.07, 6.45) is -0.185. The van der Waals surface area contributed by atoms with Crippen molar-refractivity contribution in [2.24, 2.45) is 5.92 Å². The van der Waals surface area contributed by atoms with Crippen molar-refractivity contribution in [1.29, 1.82) is 0 Å². The lowest BCUT2D eigenvalue weighted by Gasteiger charge is -2.24. The highest BCUT2D eigenvalue weighted by atomic mass is 16.3. The molecule has 11 heavy (non-hydrogen) atoms. The number of aliphatic hydroxyl groups is 1. The van der Waals surface area contributed by atoms with Gasteiger partial charge in [0, 0.05) is 6.54 Å². The minimum atomic E-state index is -0.185. The van der Waals surface area contributed by atoms with E-state index >= 15 is 0 Å². The normalized spacial score (nSPS) is 16.9. The van der Waals surface area contributed by atoms with Crippen molar-refractivity contribution in [3.05, 3.63) is 0 Å². The predicted octanol–water partition coefficient (Wildman–Crippen LogP) is 1.35. The van der Waals surface area contributed by atoms with E-state index in [2.05, 4.69) is 25.7 Å². The van der Waals surface area contributed by atoms with Crippen LogP contribution in [0.4, 0.5) is 0 Å². The monoisotopic (exact) mass is 159 g/mol. The van der Waals surface area contributed by atoms with Gasteiger partial charge in [-0.25, -0.2) is 0 Å². The van der Waals surface area contributed by atoms with E-state index in [1.807, 2.05) is 6.92 Å². The molecule has 0 fully saturated rings. The summed E-state index contributed by atoms with van der Waals surface area (Å²) in [7, 11) is 0. The van der Waals surface area contributed by atoms with Crippen molar-refractivity contribution in [3.63, 3.8) is 0 Å². The second-order valence-corrected chi connectivity index (χ2v) is 3.20. The third-order valence-corrected chi connectivity index (χ3v) is 2.26. The Bertz CT molecular complexity index is 89.6. The second-order valence-electron chi connectivity index (χ2n) is 3.20. The van der Waals surface area contributed by atoms with Gasteiger partial charge in [0.1, 0.15) is 0 Å². The Hall–Kier alpha value is -0.0800. The Morgan fingerprint density at radius 3 is 1.91 bits per heavy atom. The zero-order chi connectivity index (χ0) is 8.85. The molecule has 0 spiro atoms. The number of hydrogen-bond acceptors (Lipinski definition) is 2. The molecule has 0 aromatic carbocycles. The molecule has 1 N–H and O–H groups in total. The highest BCUT2D eigenvalue weighted by Gasteiger charge is 2.11. The quantitative estimate of drug-likeness (QED) is 0.654. The highest BCUT2D eigenvalue weighted by Crippen LogP contribution is 2.04. The van der Waals surface area contributed by atoms with Gasteiger partial charge in [-0.05, 0) is 25.9 Å². The van der Waals surface area contributed by atoms with Crippen LogP contribution >= 0.6 is 0 Å². The van der Waals surface area contributed by atoms with Gasteiger partial charge in [0.15, 0.2) is 0 Å². The minimum Gasteiger partial charge on any atom is -0.393 e. The van der Waals surface area contributed by atoms with Crippen molar-refractivity contribution in [2.45, 2.75) is 33.8 Å². The van der Waals surface area contributed by atoms with E-state index in [1.54, 1.807) is 0 Å². The van der Waals surface area contributed by atoms with Crippen molar-refractivity contribution in [2.75, 3.05) is 19.6 Å². The van der Waals surface area contributed by atoms with Crippen molar-refractivity contribution in [3.8, 4) is 0 Å². The molecular weight excluding hydrogens is 138 g/mol. The molecule has 2 heteroatoms. The summed E-state index contributed by atoms with van der Waals surface area (Å²) in [5, 5.41) is 9.23. The molecule has 68 valence electrons. The molecule has 2 nitrogen and oxygen atoms in total. The zero-order valence-electron chi connectivity index (χ0n) is 8.17. The van der Waals surface area contributed by atoms with Crippen LogP contribution in [0.1, 0.15) is 27.7 Å². The Kier molecular flexibility index (Phi) is 5.51. The standard InChI is InChI=1S/C9H21NO/c1-5-10(6-2)7-8(3)9(4)11/h8-9,11H,5-7H2,1-4H3. The van der Waals surface area contributed by atoms with E-state index in [9.17, 15) is 5.11 Å². The summed E-state index contributed by atoms with van der Waals surface area (Å²) in [4.78, 5) is 2.33. The molecule has 0 heterocycles. The van der Waals surface area contributed by atoms with E-state index in [4.69, 9.17) is 0 Å². The van der Waals surface area contributed by atoms with Gasteiger partial charge in [0.2, 0.25) is 0 Å². The van der Waals surface area contributed by atoms with E-state index in [0.29, 0.717) is 5.92 Å². The molecular formula is C9H21NO. The SMILES string of the molecule is CCN(CC)CC(C)C(C)O. The fourth-order valence-electron chi connectivity index (χ4n) is 1.04. The maximum Gasteiger partial charge on any atom is 0.0549 e. The topological polar surface area (TPSA) is 23.5 Å². The Morgan fingerprint density at radius 1 is 1.18 bits per heavy atom. The maximum atomic E-state index is 9.23. The molecule has 0 aliphatic heterocycles. The molecule has 2 atom stereocenters. The van der Waals surface area contributed by atoms with Crippen molar-refractivity contribution in [1.82, 2.24) is 4.90 Å². The van der Waals surface area contributed by atoms with Crippen LogP contribution in [0.25, 0.3) is 0 Å². The molecule has 0 aromatic heterocycles. The summed E-state index contributed by atoms with van der Waals surface area (Å²) in [5.74, 6) is 0.384. The maximum absolute atomic E-state index is 9.23. The van der Waals surface area contributed by atoms with Gasteiger partial charge in [-0.3, -0.25) is 0 Å². The van der Waals surface area contributed by atoms with E-state index in [0.717, 1.165) is 19.6 Å². The molecule has 0 rings (SSSR count). The Morgan fingerprint density at radius 2 is 1.64 bits per heavy atom. The highest BCUT2D eigenvalue weighted by molar-refractivity contribution is 4.64. The van der Waals surface area contributed by atoms with Gasteiger partial charge < -0.3 is 10.0 Å². The average molecular weight is 159 g/mol. The molecule has 0 aliphatic rings. The van der Waals surface area contributed by atoms with Crippen LogP contribution in [0.3, 0.4) is 0 Å². The van der Waals surface area contributed by atoms with Crippen molar-refractivity contribution < 1.29 is 5.11 Å². The smallest absolute Gasteiger partial charge is 0.0549 e. The number of aliphatic hydroxyl groups excluding tert-OH is 1. The lowest BCUT2D eigenvalue weighted by molar-refractivity contribution is 0.106. The fraction of sp³-hybridized carbons (Fsp3) is 1.00. The summed E-state index contributed by atoms with van der Waals surface area (Å²) < 4.78 is 0. The fourth-order valence-corrected chi connectivity index (χ4v) is 1.04. The minimum absolute atomic E-state index is 0.185. The van der Waals surface area contributed by atoms with Gasteiger partial charge >= 0.3 is 0 Å². The summed E-state index contributed by atoms with van der Waals surface area (Å²) in [5.41, 5.74) is 0. The summed E-state index contributed by atoms with van der Waals surface area (Å²) >= 11 is 0.